The highest BCUT2D eigenvalue weighted by molar-refractivity contribution is 7.90. The number of anilines is 1. The lowest BCUT2D eigenvalue weighted by molar-refractivity contribution is -0.113. The lowest BCUT2D eigenvalue weighted by Crippen LogP contribution is -2.25. The van der Waals surface area contributed by atoms with Crippen molar-refractivity contribution >= 4 is 27.5 Å². The van der Waals surface area contributed by atoms with Crippen molar-refractivity contribution in [3.8, 4) is 0 Å². The highest BCUT2D eigenvalue weighted by Gasteiger charge is 2.18. The molecule has 0 fully saturated rings. The summed E-state index contributed by atoms with van der Waals surface area (Å²) in [4.78, 5) is 13.6. The van der Waals surface area contributed by atoms with Crippen LogP contribution in [0.5, 0.6) is 0 Å². The minimum Gasteiger partial charge on any atom is -0.311 e. The summed E-state index contributed by atoms with van der Waals surface area (Å²) < 4.78 is 36.7. The molecule has 0 aliphatic heterocycles. The first kappa shape index (κ1) is 16.9. The van der Waals surface area contributed by atoms with E-state index in [0.29, 0.717) is 11.3 Å². The summed E-state index contributed by atoms with van der Waals surface area (Å²) in [5.41, 5.74) is 0.840. The number of sulfone groups is 1. The maximum atomic E-state index is 13.1. The molecule has 6 heteroatoms. The molecule has 0 radical (unpaired) electrons. The van der Waals surface area contributed by atoms with Gasteiger partial charge in [-0.05, 0) is 35.9 Å². The minimum absolute atomic E-state index is 0.0787. The molecule has 0 heterocycles. The number of carbonyl (C=O) groups is 1. The Morgan fingerprint density at radius 3 is 2.48 bits per heavy atom. The van der Waals surface area contributed by atoms with Gasteiger partial charge in [0.25, 0.3) is 5.91 Å². The van der Waals surface area contributed by atoms with Gasteiger partial charge in [0.2, 0.25) is 0 Å². The van der Waals surface area contributed by atoms with Crippen molar-refractivity contribution in [2.45, 2.75) is 4.90 Å². The number of carbonyl (C=O) groups excluding carboxylic acids is 1. The van der Waals surface area contributed by atoms with Crippen LogP contribution in [0.25, 0.3) is 6.08 Å². The summed E-state index contributed by atoms with van der Waals surface area (Å²) in [5, 5.41) is 0. The zero-order valence-corrected chi connectivity index (χ0v) is 13.5. The van der Waals surface area contributed by atoms with E-state index in [1.807, 2.05) is 0 Å². The summed E-state index contributed by atoms with van der Waals surface area (Å²) in [5.74, 6) is -0.805. The third kappa shape index (κ3) is 4.26. The molecule has 0 aliphatic rings. The third-order valence-corrected chi connectivity index (χ3v) is 4.37. The fourth-order valence-corrected chi connectivity index (χ4v) is 2.97. The first-order chi connectivity index (χ1) is 10.8. The number of para-hydroxylation sites is 1. The van der Waals surface area contributed by atoms with E-state index < -0.39 is 21.6 Å². The van der Waals surface area contributed by atoms with Crippen molar-refractivity contribution < 1.29 is 17.6 Å². The lowest BCUT2D eigenvalue weighted by atomic mass is 10.2. The van der Waals surface area contributed by atoms with Crippen molar-refractivity contribution in [1.82, 2.24) is 0 Å². The van der Waals surface area contributed by atoms with Crippen molar-refractivity contribution in [3.05, 3.63) is 66.0 Å². The van der Waals surface area contributed by atoms with Crippen LogP contribution in [0, 0.1) is 5.82 Å². The van der Waals surface area contributed by atoms with Gasteiger partial charge in [-0.1, -0.05) is 24.3 Å². The van der Waals surface area contributed by atoms with E-state index in [-0.39, 0.29) is 4.90 Å². The predicted molar refractivity (Wildman–Crippen MR) is 88.4 cm³/mol. The van der Waals surface area contributed by atoms with Crippen LogP contribution in [-0.2, 0) is 14.6 Å². The highest BCUT2D eigenvalue weighted by Crippen LogP contribution is 2.24. The molecule has 0 spiro atoms. The Labute approximate surface area is 134 Å². The minimum atomic E-state index is -3.45. The number of amides is 1. The van der Waals surface area contributed by atoms with Crippen LogP contribution in [0.2, 0.25) is 0 Å². The van der Waals surface area contributed by atoms with Gasteiger partial charge in [0.1, 0.15) is 5.82 Å². The van der Waals surface area contributed by atoms with Crippen LogP contribution >= 0.6 is 0 Å². The summed E-state index contributed by atoms with van der Waals surface area (Å²) >= 11 is 0. The molecule has 1 amide bonds. The van der Waals surface area contributed by atoms with E-state index in [4.69, 9.17) is 0 Å². The number of hydrogen-bond donors (Lipinski definition) is 0. The molecule has 0 atom stereocenters. The molecular weight excluding hydrogens is 317 g/mol. The summed E-state index contributed by atoms with van der Waals surface area (Å²) in [6.45, 7) is 0. The van der Waals surface area contributed by atoms with Crippen molar-refractivity contribution in [2.24, 2.45) is 0 Å². The Kier molecular flexibility index (Phi) is 4.95. The average molecular weight is 333 g/mol. The topological polar surface area (TPSA) is 54.5 Å². The molecule has 0 aliphatic carbocycles. The lowest BCUT2D eigenvalue weighted by Gasteiger charge is -2.18. The Morgan fingerprint density at radius 1 is 1.13 bits per heavy atom. The number of benzene rings is 2. The molecule has 4 nitrogen and oxygen atoms in total. The van der Waals surface area contributed by atoms with E-state index in [0.717, 1.165) is 6.26 Å². The Bertz CT molecular complexity index is 860. The third-order valence-electron chi connectivity index (χ3n) is 3.22. The summed E-state index contributed by atoms with van der Waals surface area (Å²) in [6.07, 6.45) is 3.84. The molecule has 0 saturated carbocycles. The van der Waals surface area contributed by atoms with Crippen molar-refractivity contribution in [1.29, 1.82) is 0 Å². The Balaban J connectivity index is 2.27. The molecule has 0 unspecified atom stereocenters. The number of halogens is 1. The predicted octanol–water partition coefficient (Wildman–Crippen LogP) is 2.91. The van der Waals surface area contributed by atoms with E-state index in [1.165, 1.54) is 42.3 Å². The normalized spacial score (nSPS) is 11.6. The maximum absolute atomic E-state index is 13.1. The van der Waals surface area contributed by atoms with Crippen LogP contribution in [0.1, 0.15) is 5.56 Å². The Hall–Kier alpha value is -2.47. The molecule has 0 N–H and O–H groups in total. The average Bonchev–Trinajstić information content (AvgIpc) is 2.51. The molecule has 0 bridgehead atoms. The van der Waals surface area contributed by atoms with Crippen LogP contribution < -0.4 is 4.90 Å². The fraction of sp³-hybridized carbons (Fsp3) is 0.118. The number of hydrogen-bond acceptors (Lipinski definition) is 3. The van der Waals surface area contributed by atoms with Gasteiger partial charge in [0.05, 0.1) is 10.6 Å². The first-order valence-electron chi connectivity index (χ1n) is 6.79. The molecule has 0 aromatic heterocycles. The molecule has 0 saturated heterocycles. The monoisotopic (exact) mass is 333 g/mol. The van der Waals surface area contributed by atoms with E-state index in [2.05, 4.69) is 0 Å². The molecule has 2 rings (SSSR count). The quantitative estimate of drug-likeness (QED) is 0.809. The van der Waals surface area contributed by atoms with Crippen molar-refractivity contribution in [3.63, 3.8) is 0 Å². The molecule has 2 aromatic rings. The molecule has 120 valence electrons. The van der Waals surface area contributed by atoms with Crippen LogP contribution in [0.4, 0.5) is 10.1 Å². The van der Waals surface area contributed by atoms with Crippen LogP contribution in [-0.4, -0.2) is 27.6 Å². The second-order valence-electron chi connectivity index (χ2n) is 5.03. The van der Waals surface area contributed by atoms with Gasteiger partial charge in [-0.25, -0.2) is 12.8 Å². The van der Waals surface area contributed by atoms with Crippen molar-refractivity contribution in [2.75, 3.05) is 18.2 Å². The molecular formula is C17H16FNO3S. The molecule has 23 heavy (non-hydrogen) atoms. The zero-order valence-electron chi connectivity index (χ0n) is 12.7. The number of rotatable bonds is 4. The largest absolute Gasteiger partial charge is 0.311 e. The van der Waals surface area contributed by atoms with E-state index in [9.17, 15) is 17.6 Å². The van der Waals surface area contributed by atoms with Gasteiger partial charge < -0.3 is 4.90 Å². The number of likely N-dealkylation sites (N-methyl/N-ethyl adjacent to an activating group) is 1. The van der Waals surface area contributed by atoms with Gasteiger partial charge in [-0.3, -0.25) is 4.79 Å². The van der Waals surface area contributed by atoms with Gasteiger partial charge in [-0.15, -0.1) is 0 Å². The molecule has 2 aromatic carbocycles. The van der Waals surface area contributed by atoms with Gasteiger partial charge in [0.15, 0.2) is 9.84 Å². The second kappa shape index (κ2) is 6.75. The zero-order chi connectivity index (χ0) is 17.0. The van der Waals surface area contributed by atoms with Gasteiger partial charge in [0, 0.05) is 19.4 Å². The van der Waals surface area contributed by atoms with E-state index >= 15 is 0 Å². The highest BCUT2D eigenvalue weighted by atomic mass is 32.2. The van der Waals surface area contributed by atoms with Gasteiger partial charge in [-0.2, -0.15) is 0 Å². The summed E-state index contributed by atoms with van der Waals surface area (Å²) in [6, 6.07) is 12.1. The van der Waals surface area contributed by atoms with Crippen LogP contribution in [0.3, 0.4) is 0 Å². The van der Waals surface area contributed by atoms with E-state index in [1.54, 1.807) is 30.3 Å². The fourth-order valence-electron chi connectivity index (χ4n) is 2.06. The maximum Gasteiger partial charge on any atom is 0.250 e. The SMILES string of the molecule is CN(C(=O)/C=C/c1cccc(F)c1)c1ccccc1S(C)(=O)=O. The second-order valence-corrected chi connectivity index (χ2v) is 7.01. The smallest absolute Gasteiger partial charge is 0.250 e. The first-order valence-corrected chi connectivity index (χ1v) is 8.68. The Morgan fingerprint density at radius 2 is 1.83 bits per heavy atom. The number of nitrogens with zero attached hydrogens (tertiary/aromatic N) is 1. The standard InChI is InChI=1S/C17H16FNO3S/c1-19(15-8-3-4-9-16(15)23(2,21)22)17(20)11-10-13-6-5-7-14(18)12-13/h3-12H,1-2H3/b11-10+. The van der Waals surface area contributed by atoms with Crippen LogP contribution in [0.15, 0.2) is 59.5 Å². The van der Waals surface area contributed by atoms with Gasteiger partial charge >= 0.3 is 0 Å². The summed E-state index contributed by atoms with van der Waals surface area (Å²) in [7, 11) is -1.96.